The van der Waals surface area contributed by atoms with Crippen LogP contribution >= 0.6 is 11.6 Å². The van der Waals surface area contributed by atoms with Crippen molar-refractivity contribution in [3.63, 3.8) is 0 Å². The number of aromatic nitrogens is 1. The number of hydrogen-bond donors (Lipinski definition) is 3. The zero-order valence-corrected chi connectivity index (χ0v) is 14.9. The average molecular weight is 380 g/mol. The Bertz CT molecular complexity index is 800. The van der Waals surface area contributed by atoms with Crippen LogP contribution in [0.4, 0.5) is 0 Å². The van der Waals surface area contributed by atoms with E-state index in [-0.39, 0.29) is 29.0 Å². The molecule has 1 heterocycles. The summed E-state index contributed by atoms with van der Waals surface area (Å²) in [5, 5.41) is 11.6. The van der Waals surface area contributed by atoms with Gasteiger partial charge in [0.1, 0.15) is 17.7 Å². The Kier molecular flexibility index (Phi) is 6.90. The number of nitrogens with one attached hydrogen (secondary N) is 2. The molecule has 1 atom stereocenters. The summed E-state index contributed by atoms with van der Waals surface area (Å²) in [6, 6.07) is 7.69. The van der Waals surface area contributed by atoms with Gasteiger partial charge in [0, 0.05) is 13.2 Å². The first-order valence-corrected chi connectivity index (χ1v) is 7.95. The Labute approximate surface area is 155 Å². The van der Waals surface area contributed by atoms with E-state index >= 15 is 0 Å². The summed E-state index contributed by atoms with van der Waals surface area (Å²) in [7, 11) is 2.95. The summed E-state index contributed by atoms with van der Waals surface area (Å²) >= 11 is 6.02. The highest BCUT2D eigenvalue weighted by atomic mass is 35.5. The lowest BCUT2D eigenvalue weighted by Gasteiger charge is -2.19. The normalized spacial score (nSPS) is 11.7. The second kappa shape index (κ2) is 9.14. The Hall–Kier alpha value is -2.68. The Morgan fingerprint density at radius 3 is 2.69 bits per heavy atom. The van der Waals surface area contributed by atoms with Crippen LogP contribution in [0.25, 0.3) is 0 Å². The van der Waals surface area contributed by atoms with E-state index in [0.717, 1.165) is 6.20 Å². The van der Waals surface area contributed by atoms with E-state index in [1.807, 2.05) is 0 Å². The van der Waals surface area contributed by atoms with Crippen LogP contribution in [0.15, 0.2) is 36.5 Å². The van der Waals surface area contributed by atoms with Crippen molar-refractivity contribution in [1.29, 1.82) is 0 Å². The molecule has 1 amide bonds. The number of rotatable bonds is 8. The quantitative estimate of drug-likeness (QED) is 0.601. The number of halogens is 1. The molecule has 0 aliphatic heterocycles. The second-order valence-electron chi connectivity index (χ2n) is 5.17. The molecule has 0 aliphatic carbocycles. The molecule has 138 valence electrons. The van der Waals surface area contributed by atoms with Crippen LogP contribution in [0.1, 0.15) is 27.5 Å². The zero-order valence-electron chi connectivity index (χ0n) is 14.2. The third kappa shape index (κ3) is 4.69. The van der Waals surface area contributed by atoms with E-state index in [1.54, 1.807) is 24.3 Å². The molecule has 8 nitrogen and oxygen atoms in total. The van der Waals surface area contributed by atoms with Crippen molar-refractivity contribution in [2.75, 3.05) is 14.2 Å². The lowest BCUT2D eigenvalue weighted by molar-refractivity contribution is -0.126. The molecule has 2 rings (SSSR count). The average Bonchev–Trinajstić information content (AvgIpc) is 2.64. The molecule has 9 heteroatoms. The van der Waals surface area contributed by atoms with Gasteiger partial charge in [-0.15, -0.1) is 0 Å². The third-order valence-corrected chi connectivity index (χ3v) is 3.80. The van der Waals surface area contributed by atoms with Crippen molar-refractivity contribution in [3.8, 4) is 5.88 Å². The first-order chi connectivity index (χ1) is 12.5. The van der Waals surface area contributed by atoms with E-state index in [4.69, 9.17) is 26.3 Å². The van der Waals surface area contributed by atoms with Crippen LogP contribution in [0.2, 0.25) is 5.02 Å². The smallest absolute Gasteiger partial charge is 0.337 e. The minimum Gasteiger partial charge on any atom is -0.478 e. The van der Waals surface area contributed by atoms with E-state index in [0.29, 0.717) is 11.1 Å². The number of aromatic carboxylic acids is 1. The molecule has 26 heavy (non-hydrogen) atoms. The van der Waals surface area contributed by atoms with E-state index in [2.05, 4.69) is 15.8 Å². The summed E-state index contributed by atoms with van der Waals surface area (Å²) in [5.74, 6) is -1.31. The molecule has 0 radical (unpaired) electrons. The Balaban J connectivity index is 2.23. The van der Waals surface area contributed by atoms with Crippen LogP contribution in [0.5, 0.6) is 5.88 Å². The van der Waals surface area contributed by atoms with Gasteiger partial charge in [0.15, 0.2) is 0 Å². The number of ether oxygens (including phenoxy) is 1. The number of pyridine rings is 1. The molecule has 0 saturated heterocycles. The van der Waals surface area contributed by atoms with Crippen molar-refractivity contribution in [3.05, 3.63) is 58.2 Å². The van der Waals surface area contributed by atoms with Crippen molar-refractivity contribution in [2.45, 2.75) is 12.6 Å². The topological polar surface area (TPSA) is 110 Å². The number of benzene rings is 1. The van der Waals surface area contributed by atoms with Crippen LogP contribution in [-0.4, -0.2) is 36.1 Å². The Morgan fingerprint density at radius 2 is 2.08 bits per heavy atom. The van der Waals surface area contributed by atoms with Gasteiger partial charge in [-0.2, -0.15) is 5.48 Å². The van der Waals surface area contributed by atoms with Gasteiger partial charge < -0.3 is 20.0 Å². The van der Waals surface area contributed by atoms with Gasteiger partial charge in [-0.25, -0.2) is 9.78 Å². The van der Waals surface area contributed by atoms with Crippen LogP contribution in [0, 0.1) is 0 Å². The maximum absolute atomic E-state index is 12.1. The first kappa shape index (κ1) is 19.6. The molecule has 1 aromatic carbocycles. The molecule has 1 unspecified atom stereocenters. The number of carboxylic acids is 1. The van der Waals surface area contributed by atoms with Crippen LogP contribution in [0.3, 0.4) is 0 Å². The molecule has 0 spiro atoms. The highest BCUT2D eigenvalue weighted by Crippen LogP contribution is 2.25. The molecule has 2 aromatic rings. The molecule has 1 aromatic heterocycles. The summed E-state index contributed by atoms with van der Waals surface area (Å²) in [5.41, 5.74) is 3.98. The van der Waals surface area contributed by atoms with Crippen LogP contribution in [-0.2, 0) is 16.2 Å². The number of hydroxylamine groups is 1. The Morgan fingerprint density at radius 1 is 1.35 bits per heavy atom. The standard InChI is InChI=1S/C17H18ClN3O5/c1-19-15(22)14(21-25-2)12-6-4-3-5-10(12)9-26-16-13(18)7-11(8-20-16)17(23)24/h3-8,14,21H,9H2,1-2H3,(H,19,22)(H,23,24). The summed E-state index contributed by atoms with van der Waals surface area (Å²) in [6.07, 6.45) is 1.16. The molecule has 0 saturated carbocycles. The maximum atomic E-state index is 12.1. The molecule has 0 bridgehead atoms. The fourth-order valence-electron chi connectivity index (χ4n) is 2.26. The number of nitrogens with zero attached hydrogens (tertiary/aromatic N) is 1. The van der Waals surface area contributed by atoms with Crippen molar-refractivity contribution >= 4 is 23.5 Å². The van der Waals surface area contributed by atoms with Gasteiger partial charge in [-0.3, -0.25) is 4.79 Å². The zero-order chi connectivity index (χ0) is 19.1. The summed E-state index contributed by atoms with van der Waals surface area (Å²) < 4.78 is 5.60. The predicted molar refractivity (Wildman–Crippen MR) is 93.9 cm³/mol. The minimum atomic E-state index is -1.13. The van der Waals surface area contributed by atoms with E-state index < -0.39 is 12.0 Å². The number of hydrogen-bond acceptors (Lipinski definition) is 6. The largest absolute Gasteiger partial charge is 0.478 e. The highest BCUT2D eigenvalue weighted by molar-refractivity contribution is 6.32. The van der Waals surface area contributed by atoms with Crippen molar-refractivity contribution in [1.82, 2.24) is 15.8 Å². The SMILES string of the molecule is CNC(=O)C(NOC)c1ccccc1COc1ncc(C(=O)O)cc1Cl. The van der Waals surface area contributed by atoms with E-state index in [1.165, 1.54) is 20.2 Å². The molecule has 0 fully saturated rings. The first-order valence-electron chi connectivity index (χ1n) is 7.57. The lowest BCUT2D eigenvalue weighted by atomic mass is 10.0. The molecule has 0 aliphatic rings. The summed E-state index contributed by atoms with van der Waals surface area (Å²) in [6.45, 7) is 0.0776. The van der Waals surface area contributed by atoms with Gasteiger partial charge in [0.25, 0.3) is 0 Å². The number of likely N-dealkylation sites (N-methyl/N-ethyl adjacent to an activating group) is 1. The predicted octanol–water partition coefficient (Wildman–Crippen LogP) is 1.95. The monoisotopic (exact) mass is 379 g/mol. The molecular weight excluding hydrogens is 362 g/mol. The number of carboxylic acid groups (broad SMARTS) is 1. The number of amides is 1. The number of carbonyl (C=O) groups excluding carboxylic acids is 1. The van der Waals surface area contributed by atoms with Crippen molar-refractivity contribution in [2.24, 2.45) is 0 Å². The van der Waals surface area contributed by atoms with Gasteiger partial charge >= 0.3 is 5.97 Å². The van der Waals surface area contributed by atoms with Gasteiger partial charge in [-0.05, 0) is 17.2 Å². The second-order valence-corrected chi connectivity index (χ2v) is 5.58. The number of carbonyl (C=O) groups is 2. The lowest BCUT2D eigenvalue weighted by Crippen LogP contribution is -2.36. The maximum Gasteiger partial charge on any atom is 0.337 e. The summed E-state index contributed by atoms with van der Waals surface area (Å²) in [4.78, 5) is 31.9. The van der Waals surface area contributed by atoms with Gasteiger partial charge in [0.05, 0.1) is 12.7 Å². The molecular formula is C17H18ClN3O5. The minimum absolute atomic E-state index is 0.0354. The van der Waals surface area contributed by atoms with E-state index in [9.17, 15) is 9.59 Å². The van der Waals surface area contributed by atoms with Gasteiger partial charge in [-0.1, -0.05) is 35.9 Å². The molecule has 3 N–H and O–H groups in total. The van der Waals surface area contributed by atoms with Gasteiger partial charge in [0.2, 0.25) is 11.8 Å². The highest BCUT2D eigenvalue weighted by Gasteiger charge is 2.22. The fourth-order valence-corrected chi connectivity index (χ4v) is 2.48. The third-order valence-electron chi connectivity index (χ3n) is 3.53. The fraction of sp³-hybridized carbons (Fsp3) is 0.235. The van der Waals surface area contributed by atoms with Crippen molar-refractivity contribution < 1.29 is 24.3 Å². The van der Waals surface area contributed by atoms with Crippen LogP contribution < -0.4 is 15.5 Å².